The standard InChI is InChI=1S/C37H42N4O6Si/c1-23-34(48(4,5)28-15-13-27(46-3)14-16-28)32(20-33(43)40-18-8-10-26(40)22-42)47-37(23)30-19-25(12-17-31(30)39(2)36(37)45)41-35(44)29-11-7-6-9-24(29)21-38-41/h6-7,9,11-17,19,21,23,26,32,34,42H,8,10,18,20,22H2,1-5H3/t23-,26-,32+,34-,37+/m0/s1. The summed E-state index contributed by atoms with van der Waals surface area (Å²) in [6.45, 7) is 7.16. The zero-order chi connectivity index (χ0) is 34.0. The zero-order valence-electron chi connectivity index (χ0n) is 28.1. The number of hydrogen-bond donors (Lipinski definition) is 1. The van der Waals surface area contributed by atoms with E-state index in [-0.39, 0.29) is 47.9 Å². The van der Waals surface area contributed by atoms with E-state index in [9.17, 15) is 19.5 Å². The molecule has 7 rings (SSSR count). The molecule has 1 spiro atoms. The molecule has 250 valence electrons. The van der Waals surface area contributed by atoms with Gasteiger partial charge in [-0.15, -0.1) is 0 Å². The molecule has 0 radical (unpaired) electrons. The highest BCUT2D eigenvalue weighted by Crippen LogP contribution is 2.60. The van der Waals surface area contributed by atoms with Gasteiger partial charge < -0.3 is 24.4 Å². The van der Waals surface area contributed by atoms with Gasteiger partial charge in [-0.25, -0.2) is 0 Å². The minimum absolute atomic E-state index is 0.0648. The third-order valence-corrected chi connectivity index (χ3v) is 15.5. The van der Waals surface area contributed by atoms with Crippen LogP contribution in [0.1, 0.15) is 31.7 Å². The second-order valence-electron chi connectivity index (χ2n) is 13.9. The van der Waals surface area contributed by atoms with Crippen LogP contribution in [0, 0.1) is 5.92 Å². The molecule has 0 bridgehead atoms. The van der Waals surface area contributed by atoms with E-state index in [1.807, 2.05) is 42.5 Å². The first kappa shape index (κ1) is 32.2. The summed E-state index contributed by atoms with van der Waals surface area (Å²) >= 11 is 0. The fourth-order valence-electron chi connectivity index (χ4n) is 8.66. The van der Waals surface area contributed by atoms with E-state index in [1.54, 1.807) is 42.3 Å². The predicted molar refractivity (Wildman–Crippen MR) is 187 cm³/mol. The molecule has 10 nitrogen and oxygen atoms in total. The lowest BCUT2D eigenvalue weighted by Crippen LogP contribution is -2.52. The van der Waals surface area contributed by atoms with E-state index >= 15 is 0 Å². The summed E-state index contributed by atoms with van der Waals surface area (Å²) in [4.78, 5) is 45.5. The Labute approximate surface area is 280 Å². The van der Waals surface area contributed by atoms with Gasteiger partial charge in [-0.2, -0.15) is 9.78 Å². The fourth-order valence-corrected chi connectivity index (χ4v) is 12.7. The molecular formula is C37H42N4O6Si. The van der Waals surface area contributed by atoms with E-state index in [4.69, 9.17) is 9.47 Å². The van der Waals surface area contributed by atoms with E-state index in [2.05, 4.69) is 37.2 Å². The number of ether oxygens (including phenoxy) is 2. The molecule has 3 aromatic carbocycles. The summed E-state index contributed by atoms with van der Waals surface area (Å²) in [5.74, 6) is 0.206. The Balaban J connectivity index is 1.35. The van der Waals surface area contributed by atoms with Gasteiger partial charge in [0.05, 0.1) is 63.3 Å². The zero-order valence-corrected chi connectivity index (χ0v) is 29.1. The first-order chi connectivity index (χ1) is 23.0. The number of carbonyl (C=O) groups excluding carboxylic acids is 2. The SMILES string of the molecule is COc1ccc([Si](C)(C)[C@@H]2[C@@H](CC(=O)N3CCC[C@H]3CO)O[C@]3(C(=O)N(C)c4ccc(-n5ncc6ccccc6c5=O)cc43)[C@H]2C)cc1. The number of aromatic nitrogens is 2. The Morgan fingerprint density at radius 1 is 1.10 bits per heavy atom. The number of aliphatic hydroxyl groups excluding tert-OH is 1. The molecule has 2 fully saturated rings. The van der Waals surface area contributed by atoms with Crippen molar-refractivity contribution < 1.29 is 24.2 Å². The van der Waals surface area contributed by atoms with Gasteiger partial charge in [0, 0.05) is 30.5 Å². The van der Waals surface area contributed by atoms with Crippen LogP contribution in [-0.2, 0) is 19.9 Å². The van der Waals surface area contributed by atoms with Crippen LogP contribution < -0.4 is 20.4 Å². The normalized spacial score (nSPS) is 25.3. The summed E-state index contributed by atoms with van der Waals surface area (Å²) in [5, 5.41) is 17.0. The van der Waals surface area contributed by atoms with Crippen LogP contribution in [0.2, 0.25) is 18.6 Å². The monoisotopic (exact) mass is 666 g/mol. The van der Waals surface area contributed by atoms with Crippen molar-refractivity contribution in [3.63, 3.8) is 0 Å². The third kappa shape index (κ3) is 4.81. The van der Waals surface area contributed by atoms with Crippen LogP contribution in [0.15, 0.2) is 77.7 Å². The molecule has 48 heavy (non-hydrogen) atoms. The van der Waals surface area contributed by atoms with E-state index < -0.39 is 19.8 Å². The van der Waals surface area contributed by atoms with E-state index in [1.165, 1.54) is 9.87 Å². The van der Waals surface area contributed by atoms with Gasteiger partial charge in [-0.05, 0) is 54.8 Å². The minimum Gasteiger partial charge on any atom is -0.497 e. The number of benzene rings is 3. The van der Waals surface area contributed by atoms with Crippen molar-refractivity contribution in [1.29, 1.82) is 0 Å². The van der Waals surface area contributed by atoms with Gasteiger partial charge in [0.25, 0.3) is 11.5 Å². The molecule has 4 heterocycles. The van der Waals surface area contributed by atoms with Crippen molar-refractivity contribution in [3.8, 4) is 11.4 Å². The molecule has 0 saturated carbocycles. The van der Waals surface area contributed by atoms with Crippen molar-refractivity contribution in [2.45, 2.75) is 62.6 Å². The number of fused-ring (bicyclic) bond motifs is 3. The number of likely N-dealkylation sites (N-methyl/N-ethyl adjacent to an activating group) is 1. The lowest BCUT2D eigenvalue weighted by molar-refractivity contribution is -0.149. The summed E-state index contributed by atoms with van der Waals surface area (Å²) in [7, 11) is 0.932. The molecule has 1 aromatic heterocycles. The molecule has 0 aliphatic carbocycles. The highest BCUT2D eigenvalue weighted by Gasteiger charge is 2.66. The van der Waals surface area contributed by atoms with Crippen LogP contribution in [-0.4, -0.2) is 79.1 Å². The molecule has 0 unspecified atom stereocenters. The minimum atomic E-state index is -2.46. The second kappa shape index (κ2) is 12.0. The van der Waals surface area contributed by atoms with Crippen molar-refractivity contribution in [3.05, 3.63) is 88.8 Å². The number of amides is 2. The quantitative estimate of drug-likeness (QED) is 0.297. The molecule has 2 amide bonds. The summed E-state index contributed by atoms with van der Waals surface area (Å²) in [5.41, 5.74) is 0.175. The Hall–Kier alpha value is -4.32. The summed E-state index contributed by atoms with van der Waals surface area (Å²) in [6.07, 6.45) is 2.84. The summed E-state index contributed by atoms with van der Waals surface area (Å²) in [6, 6.07) is 20.8. The Bertz CT molecular complexity index is 1960. The van der Waals surface area contributed by atoms with E-state index in [0.717, 1.165) is 24.0 Å². The largest absolute Gasteiger partial charge is 0.497 e. The molecule has 4 aromatic rings. The topological polar surface area (TPSA) is 114 Å². The number of methoxy groups -OCH3 is 1. The number of aliphatic hydroxyl groups is 1. The van der Waals surface area contributed by atoms with Crippen molar-refractivity contribution in [2.75, 3.05) is 32.2 Å². The van der Waals surface area contributed by atoms with Gasteiger partial charge in [0.15, 0.2) is 5.60 Å². The summed E-state index contributed by atoms with van der Waals surface area (Å²) < 4.78 is 13.9. The van der Waals surface area contributed by atoms with Gasteiger partial charge in [0.2, 0.25) is 5.91 Å². The van der Waals surface area contributed by atoms with Gasteiger partial charge in [-0.3, -0.25) is 14.4 Å². The number of hydrogen-bond acceptors (Lipinski definition) is 7. The highest BCUT2D eigenvalue weighted by atomic mass is 28.3. The van der Waals surface area contributed by atoms with Crippen LogP contribution >= 0.6 is 0 Å². The smallest absolute Gasteiger partial charge is 0.279 e. The number of rotatable bonds is 7. The van der Waals surface area contributed by atoms with E-state index in [0.29, 0.717) is 28.9 Å². The highest BCUT2D eigenvalue weighted by molar-refractivity contribution is 6.91. The van der Waals surface area contributed by atoms with Crippen LogP contribution in [0.4, 0.5) is 5.69 Å². The molecule has 11 heteroatoms. The fraction of sp³-hybridized carbons (Fsp3) is 0.405. The average molecular weight is 667 g/mol. The maximum absolute atomic E-state index is 14.6. The first-order valence-corrected chi connectivity index (χ1v) is 19.7. The molecule has 1 N–H and O–H groups in total. The number of likely N-dealkylation sites (tertiary alicyclic amines) is 1. The predicted octanol–water partition coefficient (Wildman–Crippen LogP) is 3.96. The molecule has 2 saturated heterocycles. The molecule has 5 atom stereocenters. The van der Waals surface area contributed by atoms with Crippen molar-refractivity contribution in [1.82, 2.24) is 14.7 Å². The molecular weight excluding hydrogens is 625 g/mol. The third-order valence-electron chi connectivity index (χ3n) is 11.2. The first-order valence-electron chi connectivity index (χ1n) is 16.7. The Morgan fingerprint density at radius 3 is 2.58 bits per heavy atom. The molecule has 3 aliphatic heterocycles. The number of nitrogens with zero attached hydrogens (tertiary/aromatic N) is 4. The van der Waals surface area contributed by atoms with Crippen LogP contribution in [0.5, 0.6) is 5.75 Å². The maximum Gasteiger partial charge on any atom is 0.279 e. The lowest BCUT2D eigenvalue weighted by atomic mass is 9.82. The van der Waals surface area contributed by atoms with Gasteiger partial charge in [0.1, 0.15) is 5.75 Å². The Morgan fingerprint density at radius 2 is 1.85 bits per heavy atom. The van der Waals surface area contributed by atoms with Crippen LogP contribution in [0.25, 0.3) is 16.5 Å². The maximum atomic E-state index is 14.6. The van der Waals surface area contributed by atoms with Gasteiger partial charge in [-0.1, -0.05) is 55.5 Å². The van der Waals surface area contributed by atoms with Crippen molar-refractivity contribution in [2.24, 2.45) is 5.92 Å². The molecule has 3 aliphatic rings. The number of anilines is 1. The van der Waals surface area contributed by atoms with Crippen LogP contribution in [0.3, 0.4) is 0 Å². The number of carbonyl (C=O) groups is 2. The van der Waals surface area contributed by atoms with Gasteiger partial charge >= 0.3 is 0 Å². The lowest BCUT2D eigenvalue weighted by Gasteiger charge is -2.37. The second-order valence-corrected chi connectivity index (χ2v) is 18.6. The average Bonchev–Trinajstić information content (AvgIpc) is 3.75. The van der Waals surface area contributed by atoms with Crippen molar-refractivity contribution >= 4 is 41.5 Å². The Kier molecular flexibility index (Phi) is 8.04.